The molecular weight excluding hydrogens is 741 g/mol. The minimum atomic E-state index is 0.767. The molecule has 282 valence electrons. The van der Waals surface area contributed by atoms with E-state index < -0.39 is 0 Å². The molecule has 12 aromatic rings. The summed E-state index contributed by atoms with van der Waals surface area (Å²) in [6.07, 6.45) is 0. The molecule has 0 saturated heterocycles. The van der Waals surface area contributed by atoms with E-state index in [1.165, 1.54) is 0 Å². The fourth-order valence-electron chi connectivity index (χ4n) is 8.32. The molecule has 0 radical (unpaired) electrons. The van der Waals surface area contributed by atoms with Gasteiger partial charge in [0.2, 0.25) is 0 Å². The van der Waals surface area contributed by atoms with Gasteiger partial charge < -0.3 is 8.83 Å². The minimum absolute atomic E-state index is 0.767. The van der Waals surface area contributed by atoms with Crippen LogP contribution < -0.4 is 0 Å². The number of nitrogens with zero attached hydrogens (tertiary/aromatic N) is 6. The van der Waals surface area contributed by atoms with Crippen LogP contribution in [0.2, 0.25) is 0 Å². The summed E-state index contributed by atoms with van der Waals surface area (Å²) in [4.78, 5) is 0. The lowest BCUT2D eigenvalue weighted by atomic mass is 10.0. The summed E-state index contributed by atoms with van der Waals surface area (Å²) in [7, 11) is 0. The molecule has 8 aromatic carbocycles. The topological polar surface area (TPSA) is 87.7 Å². The SMILES string of the molecule is c1ccc(-c2nnc(-c3ccccc3)n2-c2ccc3oc4ccc(-c5ccc6oc7ccc(-n8c(-c9ccccc9)nnc8-c8ccccc8)cc7c6c5)cc4c3c2)cc1. The highest BCUT2D eigenvalue weighted by Gasteiger charge is 2.21. The molecule has 0 aliphatic rings. The van der Waals surface area contributed by atoms with Crippen LogP contribution >= 0.6 is 0 Å². The summed E-state index contributed by atoms with van der Waals surface area (Å²) in [6.45, 7) is 0. The molecule has 0 aliphatic heterocycles. The van der Waals surface area contributed by atoms with Crippen molar-refractivity contribution in [1.82, 2.24) is 29.5 Å². The number of rotatable bonds is 7. The van der Waals surface area contributed by atoms with Crippen molar-refractivity contribution < 1.29 is 8.83 Å². The van der Waals surface area contributed by atoms with Gasteiger partial charge in [0.05, 0.1) is 11.4 Å². The molecular formula is C52H32N6O2. The Kier molecular flexibility index (Phi) is 7.67. The normalized spacial score (nSPS) is 11.7. The van der Waals surface area contributed by atoms with Crippen molar-refractivity contribution in [2.75, 3.05) is 0 Å². The summed E-state index contributed by atoms with van der Waals surface area (Å²) in [5, 5.41) is 22.8. The first kappa shape index (κ1) is 33.7. The molecule has 0 bridgehead atoms. The van der Waals surface area contributed by atoms with Gasteiger partial charge in [-0.3, -0.25) is 9.13 Å². The molecule has 4 aromatic heterocycles. The maximum absolute atomic E-state index is 6.42. The van der Waals surface area contributed by atoms with Crippen LogP contribution in [0, 0.1) is 0 Å². The first-order valence-electron chi connectivity index (χ1n) is 19.8. The molecule has 12 rings (SSSR count). The average molecular weight is 773 g/mol. The van der Waals surface area contributed by atoms with Crippen LogP contribution in [0.3, 0.4) is 0 Å². The summed E-state index contributed by atoms with van der Waals surface area (Å²) >= 11 is 0. The van der Waals surface area contributed by atoms with Gasteiger partial charge in [0.25, 0.3) is 0 Å². The molecule has 0 fully saturated rings. The second-order valence-electron chi connectivity index (χ2n) is 14.8. The van der Waals surface area contributed by atoms with E-state index in [4.69, 9.17) is 29.2 Å². The predicted molar refractivity (Wildman–Crippen MR) is 238 cm³/mol. The lowest BCUT2D eigenvalue weighted by Gasteiger charge is -2.11. The highest BCUT2D eigenvalue weighted by atomic mass is 16.3. The molecule has 0 saturated carbocycles. The van der Waals surface area contributed by atoms with Crippen LogP contribution in [0.1, 0.15) is 0 Å². The quantitative estimate of drug-likeness (QED) is 0.160. The minimum Gasteiger partial charge on any atom is -0.456 e. The van der Waals surface area contributed by atoms with E-state index in [1.807, 2.05) is 84.9 Å². The summed E-state index contributed by atoms with van der Waals surface area (Å²) in [6, 6.07) is 66.1. The van der Waals surface area contributed by atoms with Crippen molar-refractivity contribution >= 4 is 43.9 Å². The van der Waals surface area contributed by atoms with E-state index in [-0.39, 0.29) is 0 Å². The van der Waals surface area contributed by atoms with Crippen molar-refractivity contribution in [3.8, 4) is 68.1 Å². The van der Waals surface area contributed by atoms with Crippen molar-refractivity contribution in [1.29, 1.82) is 0 Å². The Morgan fingerprint density at radius 1 is 0.267 bits per heavy atom. The van der Waals surface area contributed by atoms with Crippen molar-refractivity contribution in [2.24, 2.45) is 0 Å². The summed E-state index contributed by atoms with van der Waals surface area (Å²) in [5.74, 6) is 3.07. The Labute approximate surface area is 343 Å². The molecule has 0 amide bonds. The third kappa shape index (κ3) is 5.54. The van der Waals surface area contributed by atoms with Crippen molar-refractivity contribution in [3.05, 3.63) is 194 Å². The van der Waals surface area contributed by atoms with Gasteiger partial charge >= 0.3 is 0 Å². The Hall–Kier alpha value is -8.36. The van der Waals surface area contributed by atoms with E-state index in [2.05, 4.69) is 118 Å². The molecule has 60 heavy (non-hydrogen) atoms. The Balaban J connectivity index is 0.984. The van der Waals surface area contributed by atoms with E-state index in [0.717, 1.165) is 112 Å². The lowest BCUT2D eigenvalue weighted by molar-refractivity contribution is 0.668. The van der Waals surface area contributed by atoms with Gasteiger partial charge in [-0.25, -0.2) is 0 Å². The first-order chi connectivity index (χ1) is 29.7. The number of fused-ring (bicyclic) bond motifs is 6. The highest BCUT2D eigenvalue weighted by molar-refractivity contribution is 6.09. The third-order valence-electron chi connectivity index (χ3n) is 11.2. The molecule has 0 N–H and O–H groups in total. The molecule has 0 atom stereocenters. The average Bonchev–Trinajstić information content (AvgIpc) is 4.12. The summed E-state index contributed by atoms with van der Waals surface area (Å²) in [5.41, 5.74) is 11.2. The van der Waals surface area contributed by atoms with E-state index >= 15 is 0 Å². The molecule has 0 aliphatic carbocycles. The van der Waals surface area contributed by atoms with Crippen molar-refractivity contribution in [3.63, 3.8) is 0 Å². The van der Waals surface area contributed by atoms with Gasteiger partial charge in [0.15, 0.2) is 23.3 Å². The van der Waals surface area contributed by atoms with E-state index in [1.54, 1.807) is 0 Å². The van der Waals surface area contributed by atoms with Gasteiger partial charge in [-0.15, -0.1) is 20.4 Å². The molecule has 8 nitrogen and oxygen atoms in total. The number of benzene rings is 8. The van der Waals surface area contributed by atoms with Crippen LogP contribution in [0.25, 0.3) is 112 Å². The number of aromatic nitrogens is 6. The second-order valence-corrected chi connectivity index (χ2v) is 14.8. The van der Waals surface area contributed by atoms with Gasteiger partial charge in [-0.2, -0.15) is 0 Å². The fourth-order valence-corrected chi connectivity index (χ4v) is 8.32. The monoisotopic (exact) mass is 772 g/mol. The number of hydrogen-bond acceptors (Lipinski definition) is 6. The van der Waals surface area contributed by atoms with E-state index in [0.29, 0.717) is 0 Å². The first-order valence-corrected chi connectivity index (χ1v) is 19.8. The highest BCUT2D eigenvalue weighted by Crippen LogP contribution is 2.39. The molecule has 0 spiro atoms. The fraction of sp³-hybridized carbons (Fsp3) is 0. The summed E-state index contributed by atoms with van der Waals surface area (Å²) < 4.78 is 17.1. The number of hydrogen-bond donors (Lipinski definition) is 0. The van der Waals surface area contributed by atoms with Crippen LogP contribution in [0.5, 0.6) is 0 Å². The van der Waals surface area contributed by atoms with Gasteiger partial charge in [0.1, 0.15) is 22.3 Å². The zero-order chi connectivity index (χ0) is 39.6. The lowest BCUT2D eigenvalue weighted by Crippen LogP contribution is -2.00. The maximum atomic E-state index is 6.42. The second kappa shape index (κ2) is 13.6. The Morgan fingerprint density at radius 2 is 0.550 bits per heavy atom. The van der Waals surface area contributed by atoms with Crippen LogP contribution in [0.4, 0.5) is 0 Å². The predicted octanol–water partition coefficient (Wildman–Crippen LogP) is 13.0. The molecule has 0 unspecified atom stereocenters. The van der Waals surface area contributed by atoms with Crippen LogP contribution in [-0.4, -0.2) is 29.5 Å². The Morgan fingerprint density at radius 3 is 0.867 bits per heavy atom. The van der Waals surface area contributed by atoms with Gasteiger partial charge in [-0.1, -0.05) is 133 Å². The zero-order valence-electron chi connectivity index (χ0n) is 32.0. The smallest absolute Gasteiger partial charge is 0.168 e. The standard InChI is InChI=1S/C52H32N6O2/c1-5-13-33(14-6-1)49-53-54-50(34-15-7-2-8-16-34)57(49)39-23-27-47-43(31-39)41-29-37(21-25-45(41)59-47)38-22-26-46-42(30-38)44-32-40(24-28-48(44)60-46)58-51(35-17-9-3-10-18-35)55-56-52(58)36-19-11-4-12-20-36/h1-32H. The van der Waals surface area contributed by atoms with Gasteiger partial charge in [-0.05, 0) is 71.8 Å². The number of furan rings is 2. The van der Waals surface area contributed by atoms with Crippen molar-refractivity contribution in [2.45, 2.75) is 0 Å². The van der Waals surface area contributed by atoms with Crippen LogP contribution in [-0.2, 0) is 0 Å². The third-order valence-corrected chi connectivity index (χ3v) is 11.2. The molecule has 8 heteroatoms. The largest absolute Gasteiger partial charge is 0.456 e. The van der Waals surface area contributed by atoms with Crippen LogP contribution in [0.15, 0.2) is 203 Å². The molecule has 4 heterocycles. The maximum Gasteiger partial charge on any atom is 0.168 e. The Bertz CT molecular complexity index is 3180. The zero-order valence-corrected chi connectivity index (χ0v) is 32.0. The van der Waals surface area contributed by atoms with Gasteiger partial charge in [0, 0.05) is 43.8 Å². The van der Waals surface area contributed by atoms with E-state index in [9.17, 15) is 0 Å².